The van der Waals surface area contributed by atoms with Crippen LogP contribution in [0.5, 0.6) is 0 Å². The monoisotopic (exact) mass is 303 g/mol. The molecule has 20 heavy (non-hydrogen) atoms. The number of hydrogen-bond acceptors (Lipinski definition) is 4. The Morgan fingerprint density at radius 2 is 2.05 bits per heavy atom. The van der Waals surface area contributed by atoms with E-state index in [1.54, 1.807) is 42.6 Å². The van der Waals surface area contributed by atoms with Crippen LogP contribution in [0.3, 0.4) is 0 Å². The number of carbonyl (C=O) groups excluding carboxylic acids is 1. The molecule has 1 aromatic heterocycles. The molecule has 1 amide bonds. The van der Waals surface area contributed by atoms with Crippen LogP contribution in [0.4, 0.5) is 5.69 Å². The Hall–Kier alpha value is -2.03. The SMILES string of the molecule is N#Cc1ccc(NC(=O)CSc2ccc(Cl)cn2)cc1. The van der Waals surface area contributed by atoms with E-state index in [9.17, 15) is 4.79 Å². The van der Waals surface area contributed by atoms with E-state index < -0.39 is 0 Å². The fraction of sp³-hybridized carbons (Fsp3) is 0.0714. The van der Waals surface area contributed by atoms with Crippen molar-refractivity contribution < 1.29 is 4.79 Å². The Morgan fingerprint density at radius 1 is 1.30 bits per heavy atom. The minimum Gasteiger partial charge on any atom is -0.325 e. The van der Waals surface area contributed by atoms with E-state index in [-0.39, 0.29) is 11.7 Å². The lowest BCUT2D eigenvalue weighted by Gasteiger charge is -2.04. The van der Waals surface area contributed by atoms with Gasteiger partial charge >= 0.3 is 0 Å². The van der Waals surface area contributed by atoms with Crippen molar-refractivity contribution in [2.75, 3.05) is 11.1 Å². The van der Waals surface area contributed by atoms with Gasteiger partial charge in [0, 0.05) is 11.9 Å². The van der Waals surface area contributed by atoms with Crippen LogP contribution >= 0.6 is 23.4 Å². The lowest BCUT2D eigenvalue weighted by atomic mass is 10.2. The molecule has 0 aliphatic carbocycles. The van der Waals surface area contributed by atoms with Crippen LogP contribution in [-0.2, 0) is 4.79 Å². The highest BCUT2D eigenvalue weighted by molar-refractivity contribution is 7.99. The van der Waals surface area contributed by atoms with Gasteiger partial charge in [-0.25, -0.2) is 4.98 Å². The molecule has 0 aliphatic rings. The van der Waals surface area contributed by atoms with Crippen LogP contribution < -0.4 is 5.32 Å². The number of rotatable bonds is 4. The van der Waals surface area contributed by atoms with Crippen molar-refractivity contribution in [3.8, 4) is 6.07 Å². The zero-order chi connectivity index (χ0) is 14.4. The number of pyridine rings is 1. The van der Waals surface area contributed by atoms with Crippen molar-refractivity contribution >= 4 is 35.0 Å². The summed E-state index contributed by atoms with van der Waals surface area (Å²) in [6.07, 6.45) is 1.54. The predicted octanol–water partition coefficient (Wildman–Crippen LogP) is 3.34. The summed E-state index contributed by atoms with van der Waals surface area (Å²) in [6, 6.07) is 12.2. The molecule has 2 aromatic rings. The molecule has 100 valence electrons. The van der Waals surface area contributed by atoms with E-state index in [0.717, 1.165) is 5.03 Å². The van der Waals surface area contributed by atoms with E-state index in [2.05, 4.69) is 10.3 Å². The lowest BCUT2D eigenvalue weighted by Crippen LogP contribution is -2.13. The van der Waals surface area contributed by atoms with Gasteiger partial charge in [0.2, 0.25) is 5.91 Å². The standard InChI is InChI=1S/C14H10ClN3OS/c15-11-3-6-14(17-8-11)20-9-13(19)18-12-4-1-10(7-16)2-5-12/h1-6,8H,9H2,(H,18,19). The van der Waals surface area contributed by atoms with Gasteiger partial charge in [-0.15, -0.1) is 0 Å². The number of halogens is 1. The number of anilines is 1. The topological polar surface area (TPSA) is 65.8 Å². The quantitative estimate of drug-likeness (QED) is 0.880. The summed E-state index contributed by atoms with van der Waals surface area (Å²) < 4.78 is 0. The minimum absolute atomic E-state index is 0.128. The van der Waals surface area contributed by atoms with Gasteiger partial charge in [0.05, 0.1) is 27.4 Å². The Bertz CT molecular complexity index is 635. The predicted molar refractivity (Wildman–Crippen MR) is 79.8 cm³/mol. The van der Waals surface area contributed by atoms with Gasteiger partial charge in [0.25, 0.3) is 0 Å². The van der Waals surface area contributed by atoms with Crippen molar-refractivity contribution in [2.45, 2.75) is 5.03 Å². The van der Waals surface area contributed by atoms with Gasteiger partial charge in [-0.3, -0.25) is 4.79 Å². The number of nitriles is 1. The number of benzene rings is 1. The van der Waals surface area contributed by atoms with Crippen molar-refractivity contribution in [3.05, 3.63) is 53.2 Å². The average molecular weight is 304 g/mol. The average Bonchev–Trinajstić information content (AvgIpc) is 2.47. The lowest BCUT2D eigenvalue weighted by molar-refractivity contribution is -0.113. The molecule has 2 rings (SSSR count). The van der Waals surface area contributed by atoms with Crippen LogP contribution in [-0.4, -0.2) is 16.6 Å². The molecule has 0 unspecified atom stereocenters. The fourth-order valence-electron chi connectivity index (χ4n) is 1.41. The molecule has 0 atom stereocenters. The molecule has 0 saturated heterocycles. The van der Waals surface area contributed by atoms with Gasteiger partial charge in [-0.1, -0.05) is 23.4 Å². The summed E-state index contributed by atoms with van der Waals surface area (Å²) in [4.78, 5) is 15.9. The van der Waals surface area contributed by atoms with Crippen molar-refractivity contribution in [3.63, 3.8) is 0 Å². The maximum absolute atomic E-state index is 11.8. The molecule has 0 bridgehead atoms. The van der Waals surface area contributed by atoms with Gasteiger partial charge in [0.1, 0.15) is 0 Å². The second-order valence-corrected chi connectivity index (χ2v) is 5.27. The number of nitrogens with zero attached hydrogens (tertiary/aromatic N) is 2. The van der Waals surface area contributed by atoms with Crippen LogP contribution in [0, 0.1) is 11.3 Å². The first kappa shape index (κ1) is 14.4. The van der Waals surface area contributed by atoms with Gasteiger partial charge in [0.15, 0.2) is 0 Å². The van der Waals surface area contributed by atoms with Crippen molar-refractivity contribution in [1.29, 1.82) is 5.26 Å². The van der Waals surface area contributed by atoms with E-state index in [4.69, 9.17) is 16.9 Å². The van der Waals surface area contributed by atoms with E-state index in [1.807, 2.05) is 6.07 Å². The molecule has 1 heterocycles. The first-order valence-electron chi connectivity index (χ1n) is 5.72. The summed E-state index contributed by atoms with van der Waals surface area (Å²) in [5.41, 5.74) is 1.22. The van der Waals surface area contributed by atoms with Crippen molar-refractivity contribution in [1.82, 2.24) is 4.98 Å². The second-order valence-electron chi connectivity index (χ2n) is 3.84. The normalized spacial score (nSPS) is 9.80. The number of nitrogens with one attached hydrogen (secondary N) is 1. The molecule has 0 aliphatic heterocycles. The van der Waals surface area contributed by atoms with Crippen LogP contribution in [0.2, 0.25) is 5.02 Å². The summed E-state index contributed by atoms with van der Waals surface area (Å²) in [5.74, 6) is 0.130. The minimum atomic E-state index is -0.128. The number of amides is 1. The highest BCUT2D eigenvalue weighted by Crippen LogP contribution is 2.17. The van der Waals surface area contributed by atoms with Crippen LogP contribution in [0.25, 0.3) is 0 Å². The summed E-state index contributed by atoms with van der Waals surface area (Å²) in [7, 11) is 0. The summed E-state index contributed by atoms with van der Waals surface area (Å²) in [6.45, 7) is 0. The van der Waals surface area contributed by atoms with Gasteiger partial charge in [-0.05, 0) is 36.4 Å². The highest BCUT2D eigenvalue weighted by atomic mass is 35.5. The van der Waals surface area contributed by atoms with Gasteiger partial charge in [-0.2, -0.15) is 5.26 Å². The molecule has 0 spiro atoms. The third kappa shape index (κ3) is 4.26. The third-order valence-corrected chi connectivity index (χ3v) is 3.52. The molecule has 6 heteroatoms. The number of carbonyl (C=O) groups is 1. The second kappa shape index (κ2) is 6.94. The Labute approximate surface area is 125 Å². The fourth-order valence-corrected chi connectivity index (χ4v) is 2.17. The Kier molecular flexibility index (Phi) is 4.99. The Balaban J connectivity index is 1.86. The molecule has 1 aromatic carbocycles. The highest BCUT2D eigenvalue weighted by Gasteiger charge is 2.04. The first-order valence-corrected chi connectivity index (χ1v) is 7.08. The first-order chi connectivity index (χ1) is 9.67. The molecule has 1 N–H and O–H groups in total. The maximum Gasteiger partial charge on any atom is 0.234 e. The molecular weight excluding hydrogens is 294 g/mol. The summed E-state index contributed by atoms with van der Waals surface area (Å²) in [5, 5.41) is 12.7. The zero-order valence-electron chi connectivity index (χ0n) is 10.3. The number of thioether (sulfide) groups is 1. The zero-order valence-corrected chi connectivity index (χ0v) is 11.9. The van der Waals surface area contributed by atoms with E-state index in [0.29, 0.717) is 16.3 Å². The molecule has 0 saturated carbocycles. The maximum atomic E-state index is 11.8. The molecule has 4 nitrogen and oxygen atoms in total. The largest absolute Gasteiger partial charge is 0.325 e. The number of hydrogen-bond donors (Lipinski definition) is 1. The van der Waals surface area contributed by atoms with Crippen LogP contribution in [0.15, 0.2) is 47.6 Å². The molecule has 0 radical (unpaired) electrons. The molecular formula is C14H10ClN3OS. The van der Waals surface area contributed by atoms with Gasteiger partial charge < -0.3 is 5.32 Å². The smallest absolute Gasteiger partial charge is 0.234 e. The molecule has 0 fully saturated rings. The Morgan fingerprint density at radius 3 is 2.65 bits per heavy atom. The third-order valence-electron chi connectivity index (χ3n) is 2.35. The number of aromatic nitrogens is 1. The van der Waals surface area contributed by atoms with Crippen LogP contribution in [0.1, 0.15) is 5.56 Å². The summed E-state index contributed by atoms with van der Waals surface area (Å²) >= 11 is 7.06. The van der Waals surface area contributed by atoms with E-state index in [1.165, 1.54) is 11.8 Å². The van der Waals surface area contributed by atoms with E-state index >= 15 is 0 Å². The van der Waals surface area contributed by atoms with Crippen molar-refractivity contribution in [2.24, 2.45) is 0 Å².